The Morgan fingerprint density at radius 3 is 2.44 bits per heavy atom. The molecule has 0 atom stereocenters. The normalized spacial score (nSPS) is 10.9. The summed E-state index contributed by atoms with van der Waals surface area (Å²) in [4.78, 5) is 13.2. The maximum Gasteiger partial charge on any atom is 0.304 e. The SMILES string of the molecule is Cc1cccc(CN(CCC(=O)O)Cc2cccc(Oc3ccsc3)c2)c1. The lowest BCUT2D eigenvalue weighted by atomic mass is 10.1. The molecular formula is C22H23NO3S. The van der Waals surface area contributed by atoms with Gasteiger partial charge in [-0.25, -0.2) is 0 Å². The van der Waals surface area contributed by atoms with Gasteiger partial charge in [0.2, 0.25) is 0 Å². The maximum absolute atomic E-state index is 11.0. The van der Waals surface area contributed by atoms with E-state index >= 15 is 0 Å². The molecular weight excluding hydrogens is 358 g/mol. The second kappa shape index (κ2) is 9.35. The third-order valence-corrected chi connectivity index (χ3v) is 4.83. The lowest BCUT2D eigenvalue weighted by Crippen LogP contribution is -2.25. The molecule has 3 rings (SSSR count). The van der Waals surface area contributed by atoms with E-state index < -0.39 is 5.97 Å². The van der Waals surface area contributed by atoms with Crippen LogP contribution in [0.15, 0.2) is 65.4 Å². The molecule has 0 spiro atoms. The first-order valence-electron chi connectivity index (χ1n) is 8.87. The molecule has 0 aliphatic heterocycles. The number of benzene rings is 2. The average molecular weight is 381 g/mol. The van der Waals surface area contributed by atoms with Crippen molar-refractivity contribution in [3.05, 3.63) is 82.0 Å². The van der Waals surface area contributed by atoms with Crippen LogP contribution in [0.4, 0.5) is 0 Å². The minimum atomic E-state index is -0.779. The molecule has 0 amide bonds. The first-order valence-corrected chi connectivity index (χ1v) is 9.81. The Morgan fingerprint density at radius 2 is 1.78 bits per heavy atom. The molecule has 0 unspecified atom stereocenters. The second-order valence-electron chi connectivity index (χ2n) is 6.55. The van der Waals surface area contributed by atoms with Crippen LogP contribution in [0.2, 0.25) is 0 Å². The average Bonchev–Trinajstić information content (AvgIpc) is 3.13. The molecule has 0 bridgehead atoms. The van der Waals surface area contributed by atoms with Gasteiger partial charge >= 0.3 is 5.97 Å². The second-order valence-corrected chi connectivity index (χ2v) is 7.33. The number of carboxylic acid groups (broad SMARTS) is 1. The zero-order valence-corrected chi connectivity index (χ0v) is 16.1. The summed E-state index contributed by atoms with van der Waals surface area (Å²) < 4.78 is 5.87. The molecule has 140 valence electrons. The van der Waals surface area contributed by atoms with Crippen LogP contribution in [0.1, 0.15) is 23.1 Å². The summed E-state index contributed by atoms with van der Waals surface area (Å²) >= 11 is 1.60. The monoisotopic (exact) mass is 381 g/mol. The van der Waals surface area contributed by atoms with Crippen LogP contribution < -0.4 is 4.74 Å². The van der Waals surface area contributed by atoms with Crippen molar-refractivity contribution in [2.45, 2.75) is 26.4 Å². The molecule has 1 heterocycles. The van der Waals surface area contributed by atoms with Crippen LogP contribution >= 0.6 is 11.3 Å². The summed E-state index contributed by atoms with van der Waals surface area (Å²) in [5.41, 5.74) is 3.49. The molecule has 0 aliphatic carbocycles. The number of hydrogen-bond donors (Lipinski definition) is 1. The van der Waals surface area contributed by atoms with Crippen molar-refractivity contribution >= 4 is 17.3 Å². The Morgan fingerprint density at radius 1 is 1.04 bits per heavy atom. The highest BCUT2D eigenvalue weighted by Gasteiger charge is 2.11. The van der Waals surface area contributed by atoms with Crippen molar-refractivity contribution in [1.82, 2.24) is 4.90 Å². The fraction of sp³-hybridized carbons (Fsp3) is 0.227. The van der Waals surface area contributed by atoms with Gasteiger partial charge in [-0.15, -0.1) is 11.3 Å². The molecule has 4 nitrogen and oxygen atoms in total. The molecule has 1 N–H and O–H groups in total. The molecule has 0 saturated carbocycles. The highest BCUT2D eigenvalue weighted by Crippen LogP contribution is 2.25. The maximum atomic E-state index is 11.0. The van der Waals surface area contributed by atoms with Crippen LogP contribution in [-0.4, -0.2) is 22.5 Å². The molecule has 5 heteroatoms. The standard InChI is InChI=1S/C22H23NO3S/c1-17-4-2-5-18(12-17)14-23(10-8-22(24)25)15-19-6-3-7-20(13-19)26-21-9-11-27-16-21/h2-7,9,11-13,16H,8,10,14-15H2,1H3,(H,24,25). The quantitative estimate of drug-likeness (QED) is 0.544. The van der Waals surface area contributed by atoms with Crippen molar-refractivity contribution in [3.8, 4) is 11.5 Å². The number of carbonyl (C=O) groups is 1. The molecule has 0 saturated heterocycles. The predicted molar refractivity (Wildman–Crippen MR) is 108 cm³/mol. The van der Waals surface area contributed by atoms with Crippen LogP contribution in [0.3, 0.4) is 0 Å². The topological polar surface area (TPSA) is 49.8 Å². The molecule has 0 radical (unpaired) electrons. The van der Waals surface area contributed by atoms with E-state index in [4.69, 9.17) is 9.84 Å². The van der Waals surface area contributed by atoms with Gasteiger partial charge in [-0.2, -0.15) is 0 Å². The number of aryl methyl sites for hydroxylation is 1. The minimum absolute atomic E-state index is 0.122. The fourth-order valence-electron chi connectivity index (χ4n) is 2.95. The van der Waals surface area contributed by atoms with Gasteiger partial charge < -0.3 is 9.84 Å². The Labute approximate surface area is 163 Å². The first-order chi connectivity index (χ1) is 13.1. The predicted octanol–water partition coefficient (Wildman–Crippen LogP) is 5.33. The van der Waals surface area contributed by atoms with Crippen molar-refractivity contribution in [3.63, 3.8) is 0 Å². The van der Waals surface area contributed by atoms with Crippen LogP contribution in [0, 0.1) is 6.92 Å². The van der Waals surface area contributed by atoms with E-state index in [1.807, 2.05) is 47.2 Å². The fourth-order valence-corrected chi connectivity index (χ4v) is 3.50. The van der Waals surface area contributed by atoms with E-state index in [1.54, 1.807) is 11.3 Å². The van der Waals surface area contributed by atoms with E-state index in [9.17, 15) is 4.79 Å². The Kier molecular flexibility index (Phi) is 6.63. The van der Waals surface area contributed by atoms with Gasteiger partial charge in [0.15, 0.2) is 0 Å². The summed E-state index contributed by atoms with van der Waals surface area (Å²) in [6, 6.07) is 18.2. The molecule has 1 aromatic heterocycles. The Balaban J connectivity index is 1.71. The van der Waals surface area contributed by atoms with E-state index in [2.05, 4.69) is 30.0 Å². The number of carboxylic acids is 1. The lowest BCUT2D eigenvalue weighted by molar-refractivity contribution is -0.137. The van der Waals surface area contributed by atoms with Crippen LogP contribution in [0.5, 0.6) is 11.5 Å². The number of aliphatic carboxylic acids is 1. The van der Waals surface area contributed by atoms with E-state index in [0.29, 0.717) is 19.6 Å². The number of thiophene rings is 1. The van der Waals surface area contributed by atoms with Gasteiger partial charge in [0.1, 0.15) is 11.5 Å². The van der Waals surface area contributed by atoms with Gasteiger partial charge in [0.25, 0.3) is 0 Å². The molecule has 2 aromatic carbocycles. The summed E-state index contributed by atoms with van der Waals surface area (Å²) in [5, 5.41) is 13.0. The molecule has 27 heavy (non-hydrogen) atoms. The molecule has 3 aromatic rings. The number of ether oxygens (including phenoxy) is 1. The van der Waals surface area contributed by atoms with Gasteiger partial charge in [-0.1, -0.05) is 42.0 Å². The van der Waals surface area contributed by atoms with Gasteiger partial charge in [-0.3, -0.25) is 9.69 Å². The van der Waals surface area contributed by atoms with Crippen molar-refractivity contribution < 1.29 is 14.6 Å². The van der Waals surface area contributed by atoms with Gasteiger partial charge in [0, 0.05) is 25.0 Å². The number of nitrogens with zero attached hydrogens (tertiary/aromatic N) is 1. The zero-order chi connectivity index (χ0) is 19.1. The van der Waals surface area contributed by atoms with E-state index in [-0.39, 0.29) is 6.42 Å². The number of hydrogen-bond acceptors (Lipinski definition) is 4. The van der Waals surface area contributed by atoms with Crippen LogP contribution in [0.25, 0.3) is 0 Å². The van der Waals surface area contributed by atoms with Gasteiger partial charge in [-0.05, 0) is 41.6 Å². The summed E-state index contributed by atoms with van der Waals surface area (Å²) in [6.45, 7) is 3.95. The highest BCUT2D eigenvalue weighted by molar-refractivity contribution is 7.08. The minimum Gasteiger partial charge on any atom is -0.481 e. The highest BCUT2D eigenvalue weighted by atomic mass is 32.1. The van der Waals surface area contributed by atoms with Crippen LogP contribution in [-0.2, 0) is 17.9 Å². The smallest absolute Gasteiger partial charge is 0.304 e. The van der Waals surface area contributed by atoms with Crippen molar-refractivity contribution in [2.24, 2.45) is 0 Å². The zero-order valence-electron chi connectivity index (χ0n) is 15.3. The lowest BCUT2D eigenvalue weighted by Gasteiger charge is -2.22. The summed E-state index contributed by atoms with van der Waals surface area (Å²) in [6.07, 6.45) is 0.122. The van der Waals surface area contributed by atoms with E-state index in [0.717, 1.165) is 17.1 Å². The molecule has 0 aliphatic rings. The summed E-state index contributed by atoms with van der Waals surface area (Å²) in [5.74, 6) is 0.845. The Hall–Kier alpha value is -2.63. The van der Waals surface area contributed by atoms with E-state index in [1.165, 1.54) is 11.1 Å². The first kappa shape index (κ1) is 19.1. The third-order valence-electron chi connectivity index (χ3n) is 4.17. The third kappa shape index (κ3) is 6.24. The van der Waals surface area contributed by atoms with Gasteiger partial charge in [0.05, 0.1) is 6.42 Å². The molecule has 0 fully saturated rings. The van der Waals surface area contributed by atoms with Crippen molar-refractivity contribution in [1.29, 1.82) is 0 Å². The number of rotatable bonds is 9. The van der Waals surface area contributed by atoms with Crippen molar-refractivity contribution in [2.75, 3.05) is 6.54 Å². The summed E-state index contributed by atoms with van der Waals surface area (Å²) in [7, 11) is 0. The largest absolute Gasteiger partial charge is 0.481 e. The Bertz CT molecular complexity index is 877.